The Morgan fingerprint density at radius 3 is 2.88 bits per heavy atom. The first kappa shape index (κ1) is 31.6. The van der Waals surface area contributed by atoms with Crippen LogP contribution in [0.2, 0.25) is 5.02 Å². The normalized spacial score (nSPS) is 23.2. The molecule has 1 saturated carbocycles. The van der Waals surface area contributed by atoms with E-state index in [1.54, 1.807) is 24.3 Å². The summed E-state index contributed by atoms with van der Waals surface area (Å²) in [7, 11) is -3.87. The number of anilines is 1. The van der Waals surface area contributed by atoms with Crippen molar-refractivity contribution in [3.8, 4) is 5.75 Å². The van der Waals surface area contributed by atoms with Crippen LogP contribution in [-0.4, -0.2) is 53.0 Å². The summed E-state index contributed by atoms with van der Waals surface area (Å²) >= 11 is 6.40. The van der Waals surface area contributed by atoms with Crippen LogP contribution in [0.1, 0.15) is 66.9 Å². The Morgan fingerprint density at radius 2 is 2.12 bits per heavy atom. The van der Waals surface area contributed by atoms with E-state index in [-0.39, 0.29) is 29.9 Å². The van der Waals surface area contributed by atoms with E-state index in [4.69, 9.17) is 21.1 Å². The molecule has 1 unspecified atom stereocenters. The Bertz CT molecular complexity index is 1460. The largest absolute Gasteiger partial charge is 0.490 e. The summed E-state index contributed by atoms with van der Waals surface area (Å²) in [5, 5.41) is 0.750. The highest BCUT2D eigenvalue weighted by molar-refractivity contribution is 7.90. The molecule has 0 radical (unpaired) electrons. The molecule has 0 bridgehead atoms. The minimum absolute atomic E-state index is 0.0233. The lowest BCUT2D eigenvalue weighted by atomic mass is 9.69. The Kier molecular flexibility index (Phi) is 10.2. The zero-order chi connectivity index (χ0) is 30.5. The molecule has 1 fully saturated rings. The number of halogens is 1. The van der Waals surface area contributed by atoms with Crippen LogP contribution in [0.3, 0.4) is 0 Å². The zero-order valence-electron chi connectivity index (χ0n) is 25.0. The Labute approximate surface area is 261 Å². The predicted molar refractivity (Wildman–Crippen MR) is 173 cm³/mol. The maximum Gasteiger partial charge on any atom is 0.264 e. The number of ether oxygens (including phenoxy) is 2. The van der Waals surface area contributed by atoms with E-state index in [2.05, 4.69) is 47.4 Å². The minimum Gasteiger partial charge on any atom is -0.490 e. The van der Waals surface area contributed by atoms with Crippen molar-refractivity contribution in [2.75, 3.05) is 43.6 Å². The number of unbranched alkanes of at least 4 members (excludes halogenated alkanes) is 1. The summed E-state index contributed by atoms with van der Waals surface area (Å²) in [6, 6.07) is 11.5. The van der Waals surface area contributed by atoms with Crippen molar-refractivity contribution in [3.05, 3.63) is 82.9 Å². The van der Waals surface area contributed by atoms with Crippen molar-refractivity contribution < 1.29 is 22.7 Å². The zero-order valence-corrected chi connectivity index (χ0v) is 26.6. The highest BCUT2D eigenvalue weighted by atomic mass is 35.5. The number of allylic oxidation sites excluding steroid dienone is 2. The van der Waals surface area contributed by atoms with Crippen molar-refractivity contribution >= 4 is 33.2 Å². The number of carbonyl (C=O) groups excluding carboxylic acids is 1. The van der Waals surface area contributed by atoms with Crippen LogP contribution in [0, 0.1) is 11.8 Å². The van der Waals surface area contributed by atoms with E-state index in [1.165, 1.54) is 17.5 Å². The molecule has 3 aliphatic rings. The van der Waals surface area contributed by atoms with Gasteiger partial charge >= 0.3 is 0 Å². The van der Waals surface area contributed by atoms with Gasteiger partial charge in [-0.05, 0) is 91.8 Å². The number of nitrogens with one attached hydrogen (secondary N) is 1. The van der Waals surface area contributed by atoms with Gasteiger partial charge in [-0.2, -0.15) is 0 Å². The van der Waals surface area contributed by atoms with E-state index in [0.717, 1.165) is 62.3 Å². The van der Waals surface area contributed by atoms with Gasteiger partial charge in [0.2, 0.25) is 10.0 Å². The van der Waals surface area contributed by atoms with Crippen LogP contribution in [0.5, 0.6) is 5.75 Å². The second-order valence-corrected chi connectivity index (χ2v) is 14.4. The first-order chi connectivity index (χ1) is 20.7. The van der Waals surface area contributed by atoms with Crippen LogP contribution < -0.4 is 14.4 Å². The van der Waals surface area contributed by atoms with Gasteiger partial charge in [-0.3, -0.25) is 4.79 Å². The molecule has 3 atom stereocenters. The van der Waals surface area contributed by atoms with Gasteiger partial charge in [-0.25, -0.2) is 13.1 Å². The van der Waals surface area contributed by atoms with E-state index < -0.39 is 15.9 Å². The molecular weight excluding hydrogens is 584 g/mol. The predicted octanol–water partition coefficient (Wildman–Crippen LogP) is 6.46. The lowest BCUT2D eigenvalue weighted by Gasteiger charge is -2.44. The molecule has 0 aromatic heterocycles. The molecule has 2 aliphatic carbocycles. The van der Waals surface area contributed by atoms with Gasteiger partial charge in [-0.1, -0.05) is 49.2 Å². The van der Waals surface area contributed by atoms with Crippen molar-refractivity contribution in [1.29, 1.82) is 0 Å². The van der Waals surface area contributed by atoms with E-state index in [1.807, 2.05) is 6.07 Å². The number of fused-ring (bicyclic) bond motifs is 3. The number of aryl methyl sites for hydroxylation is 1. The van der Waals surface area contributed by atoms with Crippen LogP contribution in [0.25, 0.3) is 0 Å². The highest BCUT2D eigenvalue weighted by Crippen LogP contribution is 2.46. The van der Waals surface area contributed by atoms with E-state index >= 15 is 0 Å². The van der Waals surface area contributed by atoms with Crippen molar-refractivity contribution in [2.24, 2.45) is 11.8 Å². The number of hydrogen-bond donors (Lipinski definition) is 1. The molecule has 5 rings (SSSR count). The molecule has 1 N–H and O–H groups in total. The fourth-order valence-electron chi connectivity index (χ4n) is 6.64. The first-order valence-corrected chi connectivity index (χ1v) is 17.5. The van der Waals surface area contributed by atoms with Crippen molar-refractivity contribution in [1.82, 2.24) is 4.72 Å². The molecule has 0 saturated heterocycles. The molecule has 1 aliphatic heterocycles. The number of amides is 1. The van der Waals surface area contributed by atoms with Gasteiger partial charge in [0.25, 0.3) is 5.91 Å². The fraction of sp³-hybridized carbons (Fsp3) is 0.500. The Hall–Kier alpha value is -2.81. The summed E-state index contributed by atoms with van der Waals surface area (Å²) < 4.78 is 39.1. The molecule has 1 amide bonds. The third-order valence-corrected chi connectivity index (χ3v) is 10.5. The maximum atomic E-state index is 13.2. The molecule has 9 heteroatoms. The van der Waals surface area contributed by atoms with E-state index in [0.29, 0.717) is 24.2 Å². The SMILES string of the molecule is C=CCOCCS(=O)(=O)NC(=O)c1ccc2c(c1)N(C[C@@H]1CC[C@H]1/C=C/CCC)CC1(CCCc3cc(Cl)ccc31)CO2. The van der Waals surface area contributed by atoms with Gasteiger partial charge in [0.15, 0.2) is 0 Å². The number of benzene rings is 2. The minimum atomic E-state index is -3.87. The van der Waals surface area contributed by atoms with Crippen LogP contribution in [-0.2, 0) is 26.6 Å². The number of sulfonamides is 1. The smallest absolute Gasteiger partial charge is 0.264 e. The third kappa shape index (κ3) is 7.47. The molecule has 232 valence electrons. The molecule has 2 aromatic carbocycles. The third-order valence-electron chi connectivity index (χ3n) is 9.05. The lowest BCUT2D eigenvalue weighted by Crippen LogP contribution is -2.48. The van der Waals surface area contributed by atoms with Crippen molar-refractivity contribution in [3.63, 3.8) is 0 Å². The number of rotatable bonds is 12. The summed E-state index contributed by atoms with van der Waals surface area (Å²) in [5.74, 6) is 0.776. The van der Waals surface area contributed by atoms with Crippen molar-refractivity contribution in [2.45, 2.75) is 57.3 Å². The topological polar surface area (TPSA) is 84.9 Å². The van der Waals surface area contributed by atoms with Gasteiger partial charge < -0.3 is 14.4 Å². The second kappa shape index (κ2) is 13.9. The molecule has 7 nitrogen and oxygen atoms in total. The standard InChI is InChI=1S/C34H43ClN2O5S/c1-3-5-6-8-25-10-11-28(25)22-37-23-34(16-7-9-26-20-29(35)13-14-30(26)34)24-42-32-15-12-27(21-31(32)37)33(38)36-43(39,40)19-18-41-17-4-2/h4,6,8,12-15,20-21,25,28H,2-3,5,7,9-11,16-19,22-24H2,1H3,(H,36,38)/b8-6+/t25-,28+,34?/m1/s1. The summed E-state index contributed by atoms with van der Waals surface area (Å²) in [5.41, 5.74) is 3.46. The average molecular weight is 627 g/mol. The van der Waals surface area contributed by atoms with Gasteiger partial charge in [0.05, 0.1) is 31.3 Å². The van der Waals surface area contributed by atoms with Crippen LogP contribution >= 0.6 is 11.6 Å². The lowest BCUT2D eigenvalue weighted by molar-refractivity contribution is 0.0981. The first-order valence-electron chi connectivity index (χ1n) is 15.4. The molecule has 2 aromatic rings. The summed E-state index contributed by atoms with van der Waals surface area (Å²) in [4.78, 5) is 15.6. The number of carbonyl (C=O) groups is 1. The Balaban J connectivity index is 1.44. The second-order valence-electron chi connectivity index (χ2n) is 12.1. The molecule has 1 heterocycles. The average Bonchev–Trinajstić information content (AvgIpc) is 3.12. The maximum absolute atomic E-state index is 13.2. The Morgan fingerprint density at radius 1 is 1.26 bits per heavy atom. The molecule has 1 spiro atoms. The van der Waals surface area contributed by atoms with Gasteiger partial charge in [-0.15, -0.1) is 6.58 Å². The molecule has 43 heavy (non-hydrogen) atoms. The van der Waals surface area contributed by atoms with E-state index in [9.17, 15) is 13.2 Å². The molecular formula is C34H43ClN2O5S. The number of nitrogens with zero attached hydrogens (tertiary/aromatic N) is 1. The van der Waals surface area contributed by atoms with Gasteiger partial charge in [0, 0.05) is 29.1 Å². The monoisotopic (exact) mass is 626 g/mol. The van der Waals surface area contributed by atoms with Crippen LogP contribution in [0.4, 0.5) is 5.69 Å². The highest BCUT2D eigenvalue weighted by Gasteiger charge is 2.43. The quantitative estimate of drug-likeness (QED) is 0.215. The number of hydrogen-bond acceptors (Lipinski definition) is 6. The summed E-state index contributed by atoms with van der Waals surface area (Å²) in [6.45, 7) is 8.09. The van der Waals surface area contributed by atoms with Crippen LogP contribution in [0.15, 0.2) is 61.2 Å². The fourth-order valence-corrected chi connectivity index (χ4v) is 7.67. The van der Waals surface area contributed by atoms with Gasteiger partial charge in [0.1, 0.15) is 5.75 Å². The summed E-state index contributed by atoms with van der Waals surface area (Å²) in [6.07, 6.45) is 13.9.